The fourth-order valence-corrected chi connectivity index (χ4v) is 4.42. The van der Waals surface area contributed by atoms with Crippen molar-refractivity contribution in [2.75, 3.05) is 26.8 Å². The topological polar surface area (TPSA) is 60.4 Å². The van der Waals surface area contributed by atoms with Crippen LogP contribution in [0.2, 0.25) is 0 Å². The molecule has 1 saturated heterocycles. The van der Waals surface area contributed by atoms with E-state index in [4.69, 9.17) is 14.2 Å². The van der Waals surface area contributed by atoms with Gasteiger partial charge in [-0.1, -0.05) is 12.1 Å². The molecule has 3 aliphatic heterocycles. The number of aliphatic imine (C=N–C) groups is 1. The Balaban J connectivity index is 1.52. The molecule has 6 nitrogen and oxygen atoms in total. The van der Waals surface area contributed by atoms with Gasteiger partial charge in [-0.3, -0.25) is 4.79 Å². The minimum Gasteiger partial charge on any atom is -0.493 e. The Morgan fingerprint density at radius 2 is 2.07 bits per heavy atom. The third-order valence-electron chi connectivity index (χ3n) is 4.57. The number of carbonyl (C=O) groups excluding carboxylic acids is 1. The Hall–Kier alpha value is -2.25. The normalized spacial score (nSPS) is 26.4. The Morgan fingerprint density at radius 3 is 2.81 bits per heavy atom. The van der Waals surface area contributed by atoms with Gasteiger partial charge in [0.15, 0.2) is 16.7 Å². The van der Waals surface area contributed by atoms with Crippen molar-refractivity contribution < 1.29 is 19.0 Å². The van der Waals surface area contributed by atoms with Crippen LogP contribution < -0.4 is 9.47 Å². The predicted molar refractivity (Wildman–Crippen MR) is 106 cm³/mol. The molecule has 7 heteroatoms. The number of thioether (sulfide) groups is 1. The van der Waals surface area contributed by atoms with Gasteiger partial charge in [0, 0.05) is 18.7 Å². The van der Waals surface area contributed by atoms with Crippen LogP contribution in [0.3, 0.4) is 0 Å². The molecule has 0 bridgehead atoms. The van der Waals surface area contributed by atoms with E-state index in [0.717, 1.165) is 35.1 Å². The van der Waals surface area contributed by atoms with Crippen LogP contribution in [0.1, 0.15) is 19.4 Å². The number of fused-ring (bicyclic) bond motifs is 1. The van der Waals surface area contributed by atoms with Gasteiger partial charge in [-0.15, -0.1) is 0 Å². The van der Waals surface area contributed by atoms with Gasteiger partial charge < -0.3 is 19.1 Å². The average Bonchev–Trinajstić information content (AvgIpc) is 3.01. The van der Waals surface area contributed by atoms with Crippen molar-refractivity contribution in [1.29, 1.82) is 0 Å². The average molecular weight is 386 g/mol. The number of carbonyl (C=O) groups is 1. The summed E-state index contributed by atoms with van der Waals surface area (Å²) in [5, 5.41) is 0.757. The summed E-state index contributed by atoms with van der Waals surface area (Å²) in [5.41, 5.74) is 1.88. The number of amides is 1. The van der Waals surface area contributed by atoms with E-state index in [-0.39, 0.29) is 18.1 Å². The number of morpholine rings is 1. The van der Waals surface area contributed by atoms with Crippen molar-refractivity contribution in [3.63, 3.8) is 0 Å². The molecular formula is C20H22N2O4S. The first kappa shape index (κ1) is 18.1. The van der Waals surface area contributed by atoms with Crippen molar-refractivity contribution >= 4 is 28.9 Å². The summed E-state index contributed by atoms with van der Waals surface area (Å²) in [6.45, 7) is 5.96. The predicted octanol–water partition coefficient (Wildman–Crippen LogP) is 3.09. The molecule has 3 aliphatic rings. The van der Waals surface area contributed by atoms with Gasteiger partial charge in [-0.2, -0.15) is 4.99 Å². The van der Waals surface area contributed by atoms with Gasteiger partial charge >= 0.3 is 0 Å². The standard InChI is InChI=1S/C20H22N2O4S/c1-12-9-22(10-13(2)26-12)20-21-19(23)17(27-20)8-14-7-15-5-4-6-16(24-3)18(15)25-11-14/h4-8,12-13H,9-11H2,1-3H3. The third kappa shape index (κ3) is 3.75. The van der Waals surface area contributed by atoms with Crippen molar-refractivity contribution in [3.8, 4) is 11.5 Å². The maximum absolute atomic E-state index is 12.4. The van der Waals surface area contributed by atoms with Crippen molar-refractivity contribution in [2.45, 2.75) is 26.1 Å². The van der Waals surface area contributed by atoms with Crippen molar-refractivity contribution in [3.05, 3.63) is 40.3 Å². The fourth-order valence-electron chi connectivity index (χ4n) is 3.48. The van der Waals surface area contributed by atoms with E-state index in [1.807, 2.05) is 44.2 Å². The number of hydrogen-bond acceptors (Lipinski definition) is 6. The lowest BCUT2D eigenvalue weighted by Crippen LogP contribution is -2.47. The zero-order valence-corrected chi connectivity index (χ0v) is 16.4. The summed E-state index contributed by atoms with van der Waals surface area (Å²) in [5.74, 6) is 1.25. The zero-order chi connectivity index (χ0) is 19.0. The highest BCUT2D eigenvalue weighted by atomic mass is 32.2. The van der Waals surface area contributed by atoms with Crippen LogP contribution in [-0.2, 0) is 9.53 Å². The van der Waals surface area contributed by atoms with Gasteiger partial charge in [0.05, 0.1) is 24.2 Å². The Bertz CT molecular complexity index is 852. The number of para-hydroxylation sites is 1. The van der Waals surface area contributed by atoms with Crippen molar-refractivity contribution in [1.82, 2.24) is 4.90 Å². The third-order valence-corrected chi connectivity index (χ3v) is 5.61. The monoisotopic (exact) mass is 386 g/mol. The Kier molecular flexibility index (Phi) is 4.97. The van der Waals surface area contributed by atoms with E-state index in [1.165, 1.54) is 11.8 Å². The molecule has 27 heavy (non-hydrogen) atoms. The molecule has 2 unspecified atom stereocenters. The van der Waals surface area contributed by atoms with Crippen molar-refractivity contribution in [2.24, 2.45) is 4.99 Å². The van der Waals surface area contributed by atoms with Crippen LogP contribution in [0.15, 0.2) is 39.7 Å². The first-order chi connectivity index (χ1) is 13.0. The van der Waals surface area contributed by atoms with E-state index in [1.54, 1.807) is 7.11 Å². The molecule has 0 radical (unpaired) electrons. The number of methoxy groups -OCH3 is 1. The molecule has 0 saturated carbocycles. The number of ether oxygens (including phenoxy) is 3. The maximum atomic E-state index is 12.4. The molecule has 0 N–H and O–H groups in total. The SMILES string of the molecule is COc1cccc2c1OCC(C=C1SC(N3CC(C)OC(C)C3)=NC1=O)=C2. The second-order valence-corrected chi connectivity index (χ2v) is 7.87. The van der Waals surface area contributed by atoms with E-state index in [2.05, 4.69) is 9.89 Å². The Labute approximate surface area is 162 Å². The smallest absolute Gasteiger partial charge is 0.286 e. The van der Waals surface area contributed by atoms with E-state index in [9.17, 15) is 4.79 Å². The molecule has 1 aromatic rings. The fraction of sp³-hybridized carbons (Fsp3) is 0.400. The molecule has 1 fully saturated rings. The highest BCUT2D eigenvalue weighted by Crippen LogP contribution is 2.37. The number of nitrogens with zero attached hydrogens (tertiary/aromatic N) is 2. The molecule has 1 amide bonds. The minimum absolute atomic E-state index is 0.126. The van der Waals surface area contributed by atoms with Gasteiger partial charge in [0.2, 0.25) is 0 Å². The molecule has 0 spiro atoms. The summed E-state index contributed by atoms with van der Waals surface area (Å²) in [6, 6.07) is 5.76. The van der Waals surface area contributed by atoms with Crippen LogP contribution in [0.25, 0.3) is 6.08 Å². The minimum atomic E-state index is -0.195. The number of rotatable bonds is 2. The first-order valence-electron chi connectivity index (χ1n) is 8.97. The summed E-state index contributed by atoms with van der Waals surface area (Å²) < 4.78 is 16.9. The molecule has 0 aromatic heterocycles. The molecule has 142 valence electrons. The summed E-state index contributed by atoms with van der Waals surface area (Å²) in [7, 11) is 1.63. The van der Waals surface area contributed by atoms with Gasteiger partial charge in [0.1, 0.15) is 6.61 Å². The van der Waals surface area contributed by atoms with Crippen LogP contribution in [0, 0.1) is 0 Å². The second kappa shape index (κ2) is 7.40. The number of amidine groups is 1. The van der Waals surface area contributed by atoms with E-state index in [0.29, 0.717) is 17.3 Å². The Morgan fingerprint density at radius 1 is 1.30 bits per heavy atom. The molecule has 2 atom stereocenters. The molecule has 3 heterocycles. The molecule has 1 aromatic carbocycles. The van der Waals surface area contributed by atoms with Crippen LogP contribution >= 0.6 is 11.8 Å². The zero-order valence-electron chi connectivity index (χ0n) is 15.6. The van der Waals surface area contributed by atoms with Crippen LogP contribution in [0.5, 0.6) is 11.5 Å². The quantitative estimate of drug-likeness (QED) is 0.728. The van der Waals surface area contributed by atoms with Gasteiger partial charge in [-0.05, 0) is 49.4 Å². The highest BCUT2D eigenvalue weighted by Gasteiger charge is 2.31. The molecule has 4 rings (SSSR count). The largest absolute Gasteiger partial charge is 0.493 e. The van der Waals surface area contributed by atoms with Gasteiger partial charge in [0.25, 0.3) is 5.91 Å². The first-order valence-corrected chi connectivity index (χ1v) is 9.78. The van der Waals surface area contributed by atoms with Crippen LogP contribution in [-0.4, -0.2) is 55.0 Å². The number of benzene rings is 1. The van der Waals surface area contributed by atoms with E-state index < -0.39 is 0 Å². The lowest BCUT2D eigenvalue weighted by atomic mass is 10.1. The lowest BCUT2D eigenvalue weighted by molar-refractivity contribution is -0.113. The summed E-state index contributed by atoms with van der Waals surface area (Å²) in [6.07, 6.45) is 4.15. The van der Waals surface area contributed by atoms with Crippen LogP contribution in [0.4, 0.5) is 0 Å². The highest BCUT2D eigenvalue weighted by molar-refractivity contribution is 8.18. The second-order valence-electron chi connectivity index (χ2n) is 6.86. The van der Waals surface area contributed by atoms with E-state index >= 15 is 0 Å². The lowest BCUT2D eigenvalue weighted by Gasteiger charge is -2.35. The summed E-state index contributed by atoms with van der Waals surface area (Å²) >= 11 is 1.42. The number of hydrogen-bond donors (Lipinski definition) is 0. The molecule has 0 aliphatic carbocycles. The van der Waals surface area contributed by atoms with Gasteiger partial charge in [-0.25, -0.2) is 0 Å². The maximum Gasteiger partial charge on any atom is 0.286 e. The summed E-state index contributed by atoms with van der Waals surface area (Å²) in [4.78, 5) is 19.4. The molecular weight excluding hydrogens is 364 g/mol.